The number of nitrogens with zero attached hydrogens (tertiary/aromatic N) is 1. The zero-order chi connectivity index (χ0) is 11.3. The quantitative estimate of drug-likeness (QED) is 0.683. The molecule has 1 fully saturated rings. The Kier molecular flexibility index (Phi) is 5.28. The van der Waals surface area contributed by atoms with Gasteiger partial charge in [0.1, 0.15) is 0 Å². The van der Waals surface area contributed by atoms with E-state index < -0.39 is 16.1 Å². The molecule has 1 rings (SSSR count). The Morgan fingerprint density at radius 1 is 1.53 bits per heavy atom. The molecule has 1 unspecified atom stereocenters. The van der Waals surface area contributed by atoms with Crippen LogP contribution in [0.3, 0.4) is 0 Å². The second-order valence-electron chi connectivity index (χ2n) is 3.39. The lowest BCUT2D eigenvalue weighted by atomic mass is 10.3. The van der Waals surface area contributed by atoms with Gasteiger partial charge in [0.15, 0.2) is 0 Å². The van der Waals surface area contributed by atoms with Gasteiger partial charge in [-0.3, -0.25) is 0 Å². The Balaban J connectivity index is 2.54. The van der Waals surface area contributed by atoms with Gasteiger partial charge in [-0.25, -0.2) is 8.42 Å². The molecule has 1 N–H and O–H groups in total. The molecule has 0 amide bonds. The van der Waals surface area contributed by atoms with E-state index in [1.54, 1.807) is 0 Å². The van der Waals surface area contributed by atoms with Crippen LogP contribution in [0.1, 0.15) is 6.42 Å². The first kappa shape index (κ1) is 13.2. The molecule has 1 aliphatic heterocycles. The van der Waals surface area contributed by atoms with Crippen LogP contribution in [0.15, 0.2) is 0 Å². The molecule has 0 aromatic heterocycles. The van der Waals surface area contributed by atoms with Crippen LogP contribution in [0.2, 0.25) is 0 Å². The molecule has 5 nitrogen and oxygen atoms in total. The van der Waals surface area contributed by atoms with Gasteiger partial charge in [0.05, 0.1) is 25.1 Å². The van der Waals surface area contributed by atoms with Crippen molar-refractivity contribution in [3.8, 4) is 0 Å². The van der Waals surface area contributed by atoms with E-state index in [4.69, 9.17) is 21.4 Å². The van der Waals surface area contributed by atoms with Crippen LogP contribution in [-0.4, -0.2) is 61.9 Å². The lowest BCUT2D eigenvalue weighted by molar-refractivity contribution is -0.0304. The SMILES string of the molecule is O=S(=O)(CCCCl)N1CCOC(CO)C1. The number of ether oxygens (including phenoxy) is 1. The molecule has 0 spiro atoms. The molecule has 1 atom stereocenters. The molecular weight excluding hydrogens is 242 g/mol. The number of sulfonamides is 1. The first-order chi connectivity index (χ1) is 7.10. The lowest BCUT2D eigenvalue weighted by Gasteiger charge is -2.31. The number of aliphatic hydroxyl groups is 1. The van der Waals surface area contributed by atoms with Crippen molar-refractivity contribution < 1.29 is 18.3 Å². The minimum atomic E-state index is -3.23. The topological polar surface area (TPSA) is 66.8 Å². The highest BCUT2D eigenvalue weighted by molar-refractivity contribution is 7.89. The molecule has 1 heterocycles. The number of halogens is 1. The molecule has 0 radical (unpaired) electrons. The third-order valence-corrected chi connectivity index (χ3v) is 4.42. The van der Waals surface area contributed by atoms with E-state index in [1.165, 1.54) is 4.31 Å². The minimum Gasteiger partial charge on any atom is -0.394 e. The molecule has 0 aliphatic carbocycles. The summed E-state index contributed by atoms with van der Waals surface area (Å²) in [7, 11) is -3.23. The van der Waals surface area contributed by atoms with E-state index in [0.29, 0.717) is 25.5 Å². The fourth-order valence-electron chi connectivity index (χ4n) is 1.42. The Bertz CT molecular complexity index is 282. The van der Waals surface area contributed by atoms with E-state index in [2.05, 4.69) is 0 Å². The maximum Gasteiger partial charge on any atom is 0.214 e. The van der Waals surface area contributed by atoms with Gasteiger partial charge < -0.3 is 9.84 Å². The van der Waals surface area contributed by atoms with E-state index in [1.807, 2.05) is 0 Å². The van der Waals surface area contributed by atoms with Crippen LogP contribution in [-0.2, 0) is 14.8 Å². The molecule has 7 heteroatoms. The highest BCUT2D eigenvalue weighted by Gasteiger charge is 2.28. The first-order valence-corrected chi connectivity index (χ1v) is 7.01. The highest BCUT2D eigenvalue weighted by atomic mass is 35.5. The number of hydrogen-bond donors (Lipinski definition) is 1. The summed E-state index contributed by atoms with van der Waals surface area (Å²) in [6, 6.07) is 0. The number of alkyl halides is 1. The summed E-state index contributed by atoms with van der Waals surface area (Å²) in [5.74, 6) is 0.404. The maximum absolute atomic E-state index is 11.7. The van der Waals surface area contributed by atoms with Crippen molar-refractivity contribution in [3.63, 3.8) is 0 Å². The summed E-state index contributed by atoms with van der Waals surface area (Å²) in [5, 5.41) is 8.88. The van der Waals surface area contributed by atoms with Crippen LogP contribution >= 0.6 is 11.6 Å². The Morgan fingerprint density at radius 3 is 2.87 bits per heavy atom. The molecular formula is C8H16ClNO4S. The van der Waals surface area contributed by atoms with Crippen molar-refractivity contribution in [1.29, 1.82) is 0 Å². The minimum absolute atomic E-state index is 0.0641. The van der Waals surface area contributed by atoms with Crippen LogP contribution in [0.4, 0.5) is 0 Å². The van der Waals surface area contributed by atoms with Crippen molar-refractivity contribution in [1.82, 2.24) is 4.31 Å². The molecule has 0 aromatic rings. The highest BCUT2D eigenvalue weighted by Crippen LogP contribution is 2.11. The summed E-state index contributed by atoms with van der Waals surface area (Å²) in [6.07, 6.45) is 0.0509. The van der Waals surface area contributed by atoms with Gasteiger partial charge in [-0.05, 0) is 6.42 Å². The Hall–Kier alpha value is 0.120. The van der Waals surface area contributed by atoms with E-state index >= 15 is 0 Å². The van der Waals surface area contributed by atoms with Crippen molar-refractivity contribution in [2.45, 2.75) is 12.5 Å². The first-order valence-electron chi connectivity index (χ1n) is 4.86. The summed E-state index contributed by atoms with van der Waals surface area (Å²) in [5.41, 5.74) is 0. The van der Waals surface area contributed by atoms with Crippen molar-refractivity contribution in [2.24, 2.45) is 0 Å². The van der Waals surface area contributed by atoms with E-state index in [9.17, 15) is 8.42 Å². The number of morpholine rings is 1. The van der Waals surface area contributed by atoms with Crippen LogP contribution in [0.25, 0.3) is 0 Å². The third-order valence-electron chi connectivity index (χ3n) is 2.23. The molecule has 0 aromatic carbocycles. The lowest BCUT2D eigenvalue weighted by Crippen LogP contribution is -2.47. The molecule has 15 heavy (non-hydrogen) atoms. The summed E-state index contributed by atoms with van der Waals surface area (Å²) in [4.78, 5) is 0. The van der Waals surface area contributed by atoms with Gasteiger partial charge in [-0.2, -0.15) is 4.31 Å². The van der Waals surface area contributed by atoms with Gasteiger partial charge >= 0.3 is 0 Å². The summed E-state index contributed by atoms with van der Waals surface area (Å²) < 4.78 is 30.0. The van der Waals surface area contributed by atoms with E-state index in [-0.39, 0.29) is 18.9 Å². The zero-order valence-corrected chi connectivity index (χ0v) is 10.0. The number of rotatable bonds is 5. The normalized spacial score (nSPS) is 24.3. The average molecular weight is 258 g/mol. The fraction of sp³-hybridized carbons (Fsp3) is 1.00. The van der Waals surface area contributed by atoms with Crippen molar-refractivity contribution >= 4 is 21.6 Å². The summed E-state index contributed by atoms with van der Waals surface area (Å²) >= 11 is 5.45. The van der Waals surface area contributed by atoms with Gasteiger partial charge in [0, 0.05) is 19.0 Å². The second kappa shape index (κ2) is 6.00. The molecule has 90 valence electrons. The smallest absolute Gasteiger partial charge is 0.214 e. The predicted molar refractivity (Wildman–Crippen MR) is 57.5 cm³/mol. The van der Waals surface area contributed by atoms with Crippen molar-refractivity contribution in [3.05, 3.63) is 0 Å². The zero-order valence-electron chi connectivity index (χ0n) is 8.43. The Morgan fingerprint density at radius 2 is 2.27 bits per heavy atom. The van der Waals surface area contributed by atoms with Gasteiger partial charge in [-0.1, -0.05) is 0 Å². The standard InChI is InChI=1S/C8H16ClNO4S/c9-2-1-5-15(12,13)10-3-4-14-8(6-10)7-11/h8,11H,1-7H2. The predicted octanol–water partition coefficient (Wildman–Crippen LogP) is -0.362. The number of hydrogen-bond acceptors (Lipinski definition) is 4. The molecule has 1 aliphatic rings. The monoisotopic (exact) mass is 257 g/mol. The van der Waals surface area contributed by atoms with Gasteiger partial charge in [0.25, 0.3) is 0 Å². The third kappa shape index (κ3) is 3.88. The maximum atomic E-state index is 11.7. The fourth-order valence-corrected chi connectivity index (χ4v) is 3.23. The molecule has 1 saturated heterocycles. The molecule has 0 saturated carbocycles. The summed E-state index contributed by atoms with van der Waals surface area (Å²) in [6.45, 7) is 0.787. The van der Waals surface area contributed by atoms with Crippen LogP contribution in [0.5, 0.6) is 0 Å². The number of aliphatic hydroxyl groups excluding tert-OH is 1. The van der Waals surface area contributed by atoms with Crippen LogP contribution < -0.4 is 0 Å². The second-order valence-corrected chi connectivity index (χ2v) is 5.86. The van der Waals surface area contributed by atoms with Gasteiger partial charge in [-0.15, -0.1) is 11.6 Å². The average Bonchev–Trinajstić information content (AvgIpc) is 2.26. The largest absolute Gasteiger partial charge is 0.394 e. The van der Waals surface area contributed by atoms with Gasteiger partial charge in [0.2, 0.25) is 10.0 Å². The van der Waals surface area contributed by atoms with Crippen molar-refractivity contribution in [2.75, 3.05) is 37.9 Å². The Labute approximate surface area is 95.0 Å². The van der Waals surface area contributed by atoms with E-state index in [0.717, 1.165) is 0 Å². The van der Waals surface area contributed by atoms with Crippen LogP contribution in [0, 0.1) is 0 Å². The molecule has 0 bridgehead atoms.